The lowest BCUT2D eigenvalue weighted by atomic mass is 10.3. The highest BCUT2D eigenvalue weighted by atomic mass is 16.7. The van der Waals surface area contributed by atoms with E-state index in [0.29, 0.717) is 12.3 Å². The normalized spacial score (nSPS) is 10.0. The summed E-state index contributed by atoms with van der Waals surface area (Å²) in [6.45, 7) is 2.52. The summed E-state index contributed by atoms with van der Waals surface area (Å²) in [6, 6.07) is 6.76. The van der Waals surface area contributed by atoms with Gasteiger partial charge in [0.2, 0.25) is 0 Å². The maximum Gasteiger partial charge on any atom is 0.142 e. The van der Waals surface area contributed by atoms with Gasteiger partial charge in [0.25, 0.3) is 0 Å². The van der Waals surface area contributed by atoms with Gasteiger partial charge < -0.3 is 5.11 Å². The third-order valence-corrected chi connectivity index (χ3v) is 1.55. The second-order valence-corrected chi connectivity index (χ2v) is 2.65. The van der Waals surface area contributed by atoms with Gasteiger partial charge in [0.05, 0.1) is 6.61 Å². The van der Waals surface area contributed by atoms with Gasteiger partial charge in [-0.2, -0.15) is 5.17 Å². The minimum atomic E-state index is 0.112. The van der Waals surface area contributed by atoms with Crippen molar-refractivity contribution in [3.05, 3.63) is 24.3 Å². The molecule has 0 saturated carbocycles. The maximum absolute atomic E-state index is 9.38. The third-order valence-electron chi connectivity index (χ3n) is 1.55. The first-order chi connectivity index (χ1) is 6.25. The van der Waals surface area contributed by atoms with Gasteiger partial charge in [-0.05, 0) is 18.6 Å². The van der Waals surface area contributed by atoms with Crippen LogP contribution in [0.4, 0.5) is 5.69 Å². The van der Waals surface area contributed by atoms with Gasteiger partial charge in [0.1, 0.15) is 11.4 Å². The molecule has 0 aliphatic rings. The number of anilines is 1. The lowest BCUT2D eigenvalue weighted by molar-refractivity contribution is 0.108. The summed E-state index contributed by atoms with van der Waals surface area (Å²) in [7, 11) is 0. The van der Waals surface area contributed by atoms with Gasteiger partial charge in [-0.15, -0.1) is 0 Å². The minimum absolute atomic E-state index is 0.112. The zero-order valence-corrected chi connectivity index (χ0v) is 7.60. The molecule has 3 N–H and O–H groups in total. The molecule has 0 spiro atoms. The molecule has 0 saturated heterocycles. The highest BCUT2D eigenvalue weighted by Gasteiger charge is 2.05. The molecule has 0 aliphatic carbocycles. The third kappa shape index (κ3) is 2.61. The van der Waals surface area contributed by atoms with Crippen LogP contribution in [0.25, 0.3) is 0 Å². The number of nitrogens with zero attached hydrogens (tertiary/aromatic N) is 1. The molecule has 0 atom stereocenters. The van der Waals surface area contributed by atoms with Crippen molar-refractivity contribution in [3.8, 4) is 5.75 Å². The fraction of sp³-hybridized carbons (Fsp3) is 0.333. The predicted octanol–water partition coefficient (Wildman–Crippen LogP) is 1.41. The summed E-state index contributed by atoms with van der Waals surface area (Å²) < 4.78 is 0. The van der Waals surface area contributed by atoms with Crippen LogP contribution in [0.3, 0.4) is 0 Å². The lowest BCUT2D eigenvalue weighted by Crippen LogP contribution is -2.31. The SMILES string of the molecule is CCCON(N)c1ccccc1O. The summed E-state index contributed by atoms with van der Waals surface area (Å²) >= 11 is 0. The Hall–Kier alpha value is -1.26. The molecule has 0 fully saturated rings. The zero-order chi connectivity index (χ0) is 9.68. The number of phenols is 1. The van der Waals surface area contributed by atoms with E-state index in [4.69, 9.17) is 10.7 Å². The molecule has 4 nitrogen and oxygen atoms in total. The largest absolute Gasteiger partial charge is 0.506 e. The van der Waals surface area contributed by atoms with Crippen molar-refractivity contribution in [1.82, 2.24) is 0 Å². The Morgan fingerprint density at radius 1 is 1.46 bits per heavy atom. The molecular formula is C9H14N2O2. The Labute approximate surface area is 77.5 Å². The van der Waals surface area contributed by atoms with Crippen molar-refractivity contribution in [3.63, 3.8) is 0 Å². The monoisotopic (exact) mass is 182 g/mol. The van der Waals surface area contributed by atoms with Crippen molar-refractivity contribution in [2.24, 2.45) is 5.84 Å². The first-order valence-electron chi connectivity index (χ1n) is 4.21. The molecule has 4 heteroatoms. The first-order valence-corrected chi connectivity index (χ1v) is 4.21. The number of benzene rings is 1. The van der Waals surface area contributed by atoms with Gasteiger partial charge in [-0.25, -0.2) is 5.84 Å². The highest BCUT2D eigenvalue weighted by Crippen LogP contribution is 2.24. The summed E-state index contributed by atoms with van der Waals surface area (Å²) in [5.41, 5.74) is 0.468. The standard InChI is InChI=1S/C9H14N2O2/c1-2-7-13-11(10)8-5-3-4-6-9(8)12/h3-6,12H,2,7,10H2,1H3. The molecule has 1 aromatic carbocycles. The second kappa shape index (κ2) is 4.69. The molecule has 0 aliphatic heterocycles. The van der Waals surface area contributed by atoms with Crippen molar-refractivity contribution < 1.29 is 9.94 Å². The number of nitrogens with two attached hydrogens (primary N) is 1. The number of para-hydroxylation sites is 2. The van der Waals surface area contributed by atoms with E-state index >= 15 is 0 Å². The van der Waals surface area contributed by atoms with Crippen LogP contribution in [0.5, 0.6) is 5.75 Å². The topological polar surface area (TPSA) is 58.7 Å². The van der Waals surface area contributed by atoms with Crippen molar-refractivity contribution in [2.45, 2.75) is 13.3 Å². The fourth-order valence-electron chi connectivity index (χ4n) is 0.910. The number of phenolic OH excluding ortho intramolecular Hbond substituents is 1. The van der Waals surface area contributed by atoms with Crippen LogP contribution in [-0.2, 0) is 4.84 Å². The van der Waals surface area contributed by atoms with E-state index in [2.05, 4.69) is 0 Å². The molecule has 13 heavy (non-hydrogen) atoms. The van der Waals surface area contributed by atoms with E-state index in [9.17, 15) is 5.11 Å². The van der Waals surface area contributed by atoms with Crippen LogP contribution >= 0.6 is 0 Å². The van der Waals surface area contributed by atoms with E-state index in [1.165, 1.54) is 0 Å². The number of hydrogen-bond acceptors (Lipinski definition) is 4. The Bertz CT molecular complexity index is 266. The van der Waals surface area contributed by atoms with Crippen LogP contribution in [-0.4, -0.2) is 11.7 Å². The van der Waals surface area contributed by atoms with E-state index < -0.39 is 0 Å². The molecule has 0 aromatic heterocycles. The lowest BCUT2D eigenvalue weighted by Gasteiger charge is -2.18. The predicted molar refractivity (Wildman–Crippen MR) is 51.0 cm³/mol. The van der Waals surface area contributed by atoms with E-state index in [-0.39, 0.29) is 5.75 Å². The molecule has 72 valence electrons. The Balaban J connectivity index is 2.65. The summed E-state index contributed by atoms with van der Waals surface area (Å²) in [6.07, 6.45) is 0.876. The molecule has 0 bridgehead atoms. The Morgan fingerprint density at radius 2 is 2.15 bits per heavy atom. The van der Waals surface area contributed by atoms with Crippen LogP contribution < -0.4 is 11.0 Å². The number of aromatic hydroxyl groups is 1. The van der Waals surface area contributed by atoms with Crippen LogP contribution in [0.1, 0.15) is 13.3 Å². The summed E-state index contributed by atoms with van der Waals surface area (Å²) in [5.74, 6) is 5.65. The highest BCUT2D eigenvalue weighted by molar-refractivity contribution is 5.54. The van der Waals surface area contributed by atoms with Gasteiger partial charge in [0.15, 0.2) is 0 Å². The quantitative estimate of drug-likeness (QED) is 0.546. The number of rotatable bonds is 4. The smallest absolute Gasteiger partial charge is 0.142 e. The average Bonchev–Trinajstić information content (AvgIpc) is 2.15. The van der Waals surface area contributed by atoms with E-state index in [1.54, 1.807) is 24.3 Å². The molecule has 0 unspecified atom stereocenters. The summed E-state index contributed by atoms with van der Waals surface area (Å²) in [4.78, 5) is 5.11. The zero-order valence-electron chi connectivity index (χ0n) is 7.60. The molecule has 1 aromatic rings. The molecular weight excluding hydrogens is 168 g/mol. The summed E-state index contributed by atoms with van der Waals surface area (Å²) in [5, 5.41) is 10.5. The molecule has 0 heterocycles. The van der Waals surface area contributed by atoms with E-state index in [0.717, 1.165) is 11.6 Å². The fourth-order valence-corrected chi connectivity index (χ4v) is 0.910. The molecule has 0 amide bonds. The average molecular weight is 182 g/mol. The van der Waals surface area contributed by atoms with Crippen molar-refractivity contribution >= 4 is 5.69 Å². The molecule has 0 radical (unpaired) electrons. The minimum Gasteiger partial charge on any atom is -0.506 e. The van der Waals surface area contributed by atoms with Gasteiger partial charge >= 0.3 is 0 Å². The number of hydrogen-bond donors (Lipinski definition) is 2. The van der Waals surface area contributed by atoms with Crippen LogP contribution in [0.15, 0.2) is 24.3 Å². The first kappa shape index (κ1) is 9.83. The number of hydrazine groups is 1. The van der Waals surface area contributed by atoms with Crippen molar-refractivity contribution in [1.29, 1.82) is 0 Å². The van der Waals surface area contributed by atoms with Crippen molar-refractivity contribution in [2.75, 3.05) is 11.8 Å². The van der Waals surface area contributed by atoms with Gasteiger partial charge in [-0.1, -0.05) is 19.1 Å². The van der Waals surface area contributed by atoms with Gasteiger partial charge in [0, 0.05) is 0 Å². The Kier molecular flexibility index (Phi) is 3.54. The van der Waals surface area contributed by atoms with Gasteiger partial charge in [-0.3, -0.25) is 4.84 Å². The van der Waals surface area contributed by atoms with Crippen LogP contribution in [0, 0.1) is 0 Å². The second-order valence-electron chi connectivity index (χ2n) is 2.65. The maximum atomic E-state index is 9.38. The van der Waals surface area contributed by atoms with Crippen LogP contribution in [0.2, 0.25) is 0 Å². The molecule has 1 rings (SSSR count). The van der Waals surface area contributed by atoms with E-state index in [1.807, 2.05) is 6.92 Å². The Morgan fingerprint density at radius 3 is 2.77 bits per heavy atom.